The molecule has 0 N–H and O–H groups in total. The van der Waals surface area contributed by atoms with Gasteiger partial charge in [-0.15, -0.1) is 11.6 Å². The number of hydrogen-bond donors (Lipinski definition) is 0. The normalized spacial score (nSPS) is 19.7. The van der Waals surface area contributed by atoms with Crippen LogP contribution < -0.4 is 0 Å². The number of aryl methyl sites for hydroxylation is 1. The maximum Gasteiger partial charge on any atom is 0.243 e. The first-order valence-corrected chi connectivity index (χ1v) is 9.87. The van der Waals surface area contributed by atoms with Crippen molar-refractivity contribution in [3.05, 3.63) is 29.3 Å². The second-order valence-electron chi connectivity index (χ2n) is 4.97. The van der Waals surface area contributed by atoms with Gasteiger partial charge in [0.15, 0.2) is 0 Å². The lowest BCUT2D eigenvalue weighted by molar-refractivity contribution is 0.394. The van der Waals surface area contributed by atoms with Gasteiger partial charge in [-0.1, -0.05) is 19.1 Å². The van der Waals surface area contributed by atoms with Gasteiger partial charge in [0.1, 0.15) is 0 Å². The van der Waals surface area contributed by atoms with Crippen LogP contribution in [0.2, 0.25) is 0 Å². The van der Waals surface area contributed by atoms with Gasteiger partial charge in [-0.05, 0) is 35.8 Å². The van der Waals surface area contributed by atoms with Gasteiger partial charge < -0.3 is 0 Å². The van der Waals surface area contributed by atoms with Gasteiger partial charge in [0.25, 0.3) is 0 Å². The molecule has 0 saturated carbocycles. The third kappa shape index (κ3) is 3.16. The molecule has 1 unspecified atom stereocenters. The Labute approximate surface area is 130 Å². The monoisotopic (exact) mass is 333 g/mol. The molecule has 1 aliphatic rings. The smallest absolute Gasteiger partial charge is 0.207 e. The van der Waals surface area contributed by atoms with Crippen molar-refractivity contribution < 1.29 is 8.42 Å². The molecule has 20 heavy (non-hydrogen) atoms. The van der Waals surface area contributed by atoms with E-state index in [2.05, 4.69) is 0 Å². The summed E-state index contributed by atoms with van der Waals surface area (Å²) < 4.78 is 27.2. The SMILES string of the molecule is CCc1ccc(CCl)cc1S(=O)(=O)N(C)C1CCSC1. The third-order valence-corrected chi connectivity index (χ3v) is 7.19. The van der Waals surface area contributed by atoms with Crippen LogP contribution in [0.5, 0.6) is 0 Å². The van der Waals surface area contributed by atoms with E-state index in [1.54, 1.807) is 17.4 Å². The summed E-state index contributed by atoms with van der Waals surface area (Å²) in [7, 11) is -1.74. The largest absolute Gasteiger partial charge is 0.243 e. The molecule has 1 aliphatic heterocycles. The first kappa shape index (κ1) is 16.1. The first-order valence-electron chi connectivity index (χ1n) is 6.74. The van der Waals surface area contributed by atoms with E-state index in [9.17, 15) is 8.42 Å². The summed E-state index contributed by atoms with van der Waals surface area (Å²) >= 11 is 7.65. The summed E-state index contributed by atoms with van der Waals surface area (Å²) in [6, 6.07) is 5.60. The third-order valence-electron chi connectivity index (χ3n) is 3.74. The molecule has 6 heteroatoms. The fourth-order valence-corrected chi connectivity index (χ4v) is 5.63. The summed E-state index contributed by atoms with van der Waals surface area (Å²) in [5.41, 5.74) is 1.70. The van der Waals surface area contributed by atoms with Gasteiger partial charge in [0.2, 0.25) is 10.0 Å². The molecule has 1 saturated heterocycles. The molecule has 3 nitrogen and oxygen atoms in total. The van der Waals surface area contributed by atoms with Crippen molar-refractivity contribution in [1.82, 2.24) is 4.31 Å². The van der Waals surface area contributed by atoms with Gasteiger partial charge in [0.05, 0.1) is 4.90 Å². The van der Waals surface area contributed by atoms with E-state index < -0.39 is 10.0 Å². The minimum absolute atomic E-state index is 0.106. The van der Waals surface area contributed by atoms with E-state index in [-0.39, 0.29) is 6.04 Å². The number of hydrogen-bond acceptors (Lipinski definition) is 3. The van der Waals surface area contributed by atoms with E-state index in [1.807, 2.05) is 30.8 Å². The molecule has 1 aromatic carbocycles. The van der Waals surface area contributed by atoms with E-state index in [0.717, 1.165) is 29.1 Å². The van der Waals surface area contributed by atoms with Crippen molar-refractivity contribution in [2.24, 2.45) is 0 Å². The maximum atomic E-state index is 12.8. The molecule has 112 valence electrons. The molecule has 1 fully saturated rings. The van der Waals surface area contributed by atoms with Crippen molar-refractivity contribution in [3.63, 3.8) is 0 Å². The second kappa shape index (κ2) is 6.69. The number of thioether (sulfide) groups is 1. The molecule has 1 heterocycles. The van der Waals surface area contributed by atoms with Gasteiger partial charge in [-0.3, -0.25) is 0 Å². The number of alkyl halides is 1. The molecule has 1 aromatic rings. The van der Waals surface area contributed by atoms with Gasteiger partial charge >= 0.3 is 0 Å². The highest BCUT2D eigenvalue weighted by molar-refractivity contribution is 7.99. The fraction of sp³-hybridized carbons (Fsp3) is 0.571. The zero-order valence-corrected chi connectivity index (χ0v) is 14.2. The summed E-state index contributed by atoms with van der Waals surface area (Å²) in [6.45, 7) is 1.97. The van der Waals surface area contributed by atoms with Gasteiger partial charge in [-0.25, -0.2) is 8.42 Å². The van der Waals surface area contributed by atoms with Crippen molar-refractivity contribution in [3.8, 4) is 0 Å². The molecule has 0 radical (unpaired) electrons. The maximum absolute atomic E-state index is 12.8. The van der Waals surface area contributed by atoms with Crippen LogP contribution in [0.25, 0.3) is 0 Å². The molecule has 0 spiro atoms. The fourth-order valence-electron chi connectivity index (χ4n) is 2.37. The predicted octanol–water partition coefficient (Wildman–Crippen LogP) is 3.11. The van der Waals surface area contributed by atoms with Crippen molar-refractivity contribution in [2.45, 2.75) is 36.6 Å². The van der Waals surface area contributed by atoms with Crippen molar-refractivity contribution in [1.29, 1.82) is 0 Å². The molecule has 0 aliphatic carbocycles. The molecular formula is C14H20ClNO2S2. The number of benzene rings is 1. The molecule has 0 aromatic heterocycles. The van der Waals surface area contributed by atoms with E-state index in [0.29, 0.717) is 17.2 Å². The van der Waals surface area contributed by atoms with Crippen LogP contribution in [0.1, 0.15) is 24.5 Å². The zero-order chi connectivity index (χ0) is 14.8. The average Bonchev–Trinajstić information content (AvgIpc) is 2.99. The first-order chi connectivity index (χ1) is 9.50. The van der Waals surface area contributed by atoms with Gasteiger partial charge in [0, 0.05) is 24.7 Å². The quantitative estimate of drug-likeness (QED) is 0.777. The average molecular weight is 334 g/mol. The van der Waals surface area contributed by atoms with E-state index in [4.69, 9.17) is 11.6 Å². The molecule has 0 bridgehead atoms. The molecule has 0 amide bonds. The van der Waals surface area contributed by atoms with E-state index >= 15 is 0 Å². The Morgan fingerprint density at radius 1 is 1.45 bits per heavy atom. The Morgan fingerprint density at radius 2 is 2.20 bits per heavy atom. The van der Waals surface area contributed by atoms with E-state index in [1.165, 1.54) is 0 Å². The minimum atomic E-state index is -3.44. The van der Waals surface area contributed by atoms with Crippen molar-refractivity contribution in [2.75, 3.05) is 18.6 Å². The summed E-state index contributed by atoms with van der Waals surface area (Å²) in [5.74, 6) is 2.24. The Hall–Kier alpha value is -0.230. The highest BCUT2D eigenvalue weighted by Gasteiger charge is 2.31. The van der Waals surface area contributed by atoms with Crippen LogP contribution in [0.4, 0.5) is 0 Å². The lowest BCUT2D eigenvalue weighted by Crippen LogP contribution is -2.37. The lowest BCUT2D eigenvalue weighted by Gasteiger charge is -2.24. The zero-order valence-electron chi connectivity index (χ0n) is 11.8. The van der Waals surface area contributed by atoms with Crippen LogP contribution in [0.3, 0.4) is 0 Å². The Morgan fingerprint density at radius 3 is 2.75 bits per heavy atom. The van der Waals surface area contributed by atoms with Crippen LogP contribution in [-0.4, -0.2) is 37.3 Å². The highest BCUT2D eigenvalue weighted by atomic mass is 35.5. The summed E-state index contributed by atoms with van der Waals surface area (Å²) in [6.07, 6.45) is 1.63. The van der Waals surface area contributed by atoms with Crippen molar-refractivity contribution >= 4 is 33.4 Å². The highest BCUT2D eigenvalue weighted by Crippen LogP contribution is 2.28. The minimum Gasteiger partial charge on any atom is -0.207 e. The Balaban J connectivity index is 2.41. The topological polar surface area (TPSA) is 37.4 Å². The number of nitrogens with zero attached hydrogens (tertiary/aromatic N) is 1. The standard InChI is InChI=1S/C14H20ClNO2S2/c1-3-12-5-4-11(9-15)8-14(12)20(17,18)16(2)13-6-7-19-10-13/h4-5,8,13H,3,6-7,9-10H2,1-2H3. The Bertz CT molecular complexity index is 569. The second-order valence-corrected chi connectivity index (χ2v) is 8.35. The molecule has 1 atom stereocenters. The Kier molecular flexibility index (Phi) is 5.40. The molecule has 2 rings (SSSR count). The van der Waals surface area contributed by atoms with Gasteiger partial charge in [-0.2, -0.15) is 16.1 Å². The number of halogens is 1. The summed E-state index contributed by atoms with van der Waals surface area (Å²) in [5, 5.41) is 0. The summed E-state index contributed by atoms with van der Waals surface area (Å²) in [4.78, 5) is 0.414. The number of rotatable bonds is 5. The predicted molar refractivity (Wildman–Crippen MR) is 86.1 cm³/mol. The van der Waals surface area contributed by atoms with Crippen LogP contribution >= 0.6 is 23.4 Å². The lowest BCUT2D eigenvalue weighted by atomic mass is 10.1. The van der Waals surface area contributed by atoms with Crippen LogP contribution in [-0.2, 0) is 22.3 Å². The molecular weight excluding hydrogens is 314 g/mol. The number of sulfonamides is 1. The van der Waals surface area contributed by atoms with Crippen LogP contribution in [0.15, 0.2) is 23.1 Å². The van der Waals surface area contributed by atoms with Crippen LogP contribution in [0, 0.1) is 0 Å².